The summed E-state index contributed by atoms with van der Waals surface area (Å²) in [5.41, 5.74) is 0.578. The van der Waals surface area contributed by atoms with E-state index in [1.807, 2.05) is 6.92 Å². The first-order chi connectivity index (χ1) is 7.25. The van der Waals surface area contributed by atoms with Crippen LogP contribution in [0.15, 0.2) is 12.3 Å². The Bertz CT molecular complexity index is 356. The van der Waals surface area contributed by atoms with E-state index >= 15 is 0 Å². The van der Waals surface area contributed by atoms with Crippen molar-refractivity contribution in [1.29, 1.82) is 0 Å². The first-order valence-electron chi connectivity index (χ1n) is 5.58. The van der Waals surface area contributed by atoms with E-state index in [0.29, 0.717) is 23.9 Å². The summed E-state index contributed by atoms with van der Waals surface area (Å²) >= 11 is 0. The van der Waals surface area contributed by atoms with E-state index in [1.54, 1.807) is 12.3 Å². The maximum atomic E-state index is 11.9. The fourth-order valence-electron chi connectivity index (χ4n) is 2.19. The van der Waals surface area contributed by atoms with Crippen LogP contribution in [-0.2, 0) is 0 Å². The van der Waals surface area contributed by atoms with E-state index in [-0.39, 0.29) is 5.78 Å². The fourth-order valence-corrected chi connectivity index (χ4v) is 2.19. The average molecular weight is 204 g/mol. The summed E-state index contributed by atoms with van der Waals surface area (Å²) in [6.07, 6.45) is 7.29. The van der Waals surface area contributed by atoms with Crippen LogP contribution in [0.2, 0.25) is 0 Å². The summed E-state index contributed by atoms with van der Waals surface area (Å²) in [5.74, 6) is 1.44. The van der Waals surface area contributed by atoms with Gasteiger partial charge in [-0.3, -0.25) is 4.79 Å². The Labute approximate surface area is 89.9 Å². The van der Waals surface area contributed by atoms with Gasteiger partial charge in [0.1, 0.15) is 11.5 Å². The molecule has 1 aliphatic carbocycles. The first-order valence-corrected chi connectivity index (χ1v) is 5.58. The molecule has 3 nitrogen and oxygen atoms in total. The van der Waals surface area contributed by atoms with Crippen LogP contribution < -0.4 is 0 Å². The van der Waals surface area contributed by atoms with Crippen LogP contribution in [0.4, 0.5) is 0 Å². The van der Waals surface area contributed by atoms with Crippen molar-refractivity contribution in [1.82, 2.24) is 9.97 Å². The largest absolute Gasteiger partial charge is 0.292 e. The molecule has 1 saturated carbocycles. The molecule has 0 N–H and O–H groups in total. The minimum atomic E-state index is 0.174. The van der Waals surface area contributed by atoms with Gasteiger partial charge in [0.15, 0.2) is 5.78 Å². The van der Waals surface area contributed by atoms with E-state index in [1.165, 1.54) is 25.7 Å². The maximum Gasteiger partial charge on any atom is 0.181 e. The molecule has 2 rings (SSSR count). The maximum absolute atomic E-state index is 11.9. The molecule has 0 aliphatic heterocycles. The zero-order valence-corrected chi connectivity index (χ0v) is 9.07. The molecule has 1 heterocycles. The van der Waals surface area contributed by atoms with Crippen molar-refractivity contribution in [3.05, 3.63) is 23.8 Å². The van der Waals surface area contributed by atoms with Crippen molar-refractivity contribution in [3.63, 3.8) is 0 Å². The number of aromatic nitrogens is 2. The quantitative estimate of drug-likeness (QED) is 0.710. The van der Waals surface area contributed by atoms with E-state index in [4.69, 9.17) is 0 Å². The van der Waals surface area contributed by atoms with Crippen LogP contribution in [0.25, 0.3) is 0 Å². The van der Waals surface area contributed by atoms with Crippen LogP contribution in [0.3, 0.4) is 0 Å². The Morgan fingerprint density at radius 1 is 1.47 bits per heavy atom. The van der Waals surface area contributed by atoms with Crippen LogP contribution in [0.5, 0.6) is 0 Å². The SMILES string of the molecule is Cc1nccc(C(=O)CC2CCCC2)n1. The minimum absolute atomic E-state index is 0.174. The Kier molecular flexibility index (Phi) is 3.09. The van der Waals surface area contributed by atoms with Crippen LogP contribution >= 0.6 is 0 Å². The number of carbonyl (C=O) groups is 1. The number of ketones is 1. The first kappa shape index (κ1) is 10.3. The zero-order chi connectivity index (χ0) is 10.7. The molecule has 1 aliphatic rings. The smallest absolute Gasteiger partial charge is 0.181 e. The van der Waals surface area contributed by atoms with Gasteiger partial charge in [-0.05, 0) is 18.9 Å². The summed E-state index contributed by atoms with van der Waals surface area (Å²) in [6, 6.07) is 1.71. The third-order valence-electron chi connectivity index (χ3n) is 3.01. The summed E-state index contributed by atoms with van der Waals surface area (Å²) in [6.45, 7) is 1.81. The lowest BCUT2D eigenvalue weighted by atomic mass is 9.99. The summed E-state index contributed by atoms with van der Waals surface area (Å²) < 4.78 is 0. The molecule has 1 fully saturated rings. The normalized spacial score (nSPS) is 16.9. The van der Waals surface area contributed by atoms with Gasteiger partial charge in [0.25, 0.3) is 0 Å². The summed E-state index contributed by atoms with van der Waals surface area (Å²) in [7, 11) is 0. The summed E-state index contributed by atoms with van der Waals surface area (Å²) in [5, 5.41) is 0. The predicted molar refractivity (Wildman–Crippen MR) is 57.7 cm³/mol. The van der Waals surface area contributed by atoms with Crippen molar-refractivity contribution in [3.8, 4) is 0 Å². The van der Waals surface area contributed by atoms with Gasteiger partial charge in [-0.25, -0.2) is 9.97 Å². The van der Waals surface area contributed by atoms with Gasteiger partial charge in [0.2, 0.25) is 0 Å². The molecule has 0 atom stereocenters. The second-order valence-corrected chi connectivity index (χ2v) is 4.27. The number of carbonyl (C=O) groups excluding carboxylic acids is 1. The lowest BCUT2D eigenvalue weighted by molar-refractivity contribution is 0.0957. The van der Waals surface area contributed by atoms with E-state index in [0.717, 1.165) is 0 Å². The fraction of sp³-hybridized carbons (Fsp3) is 0.583. The van der Waals surface area contributed by atoms with Gasteiger partial charge in [-0.2, -0.15) is 0 Å². The van der Waals surface area contributed by atoms with E-state index in [2.05, 4.69) is 9.97 Å². The molecule has 1 aromatic rings. The lowest BCUT2D eigenvalue weighted by Crippen LogP contribution is -2.08. The number of hydrogen-bond acceptors (Lipinski definition) is 3. The van der Waals surface area contributed by atoms with Gasteiger partial charge < -0.3 is 0 Å². The minimum Gasteiger partial charge on any atom is -0.292 e. The Morgan fingerprint density at radius 3 is 2.87 bits per heavy atom. The molecule has 15 heavy (non-hydrogen) atoms. The van der Waals surface area contributed by atoms with Crippen molar-refractivity contribution in [2.24, 2.45) is 5.92 Å². The number of rotatable bonds is 3. The highest BCUT2D eigenvalue weighted by molar-refractivity contribution is 5.94. The topological polar surface area (TPSA) is 42.9 Å². The molecule has 1 aromatic heterocycles. The standard InChI is InChI=1S/C12H16N2O/c1-9-13-7-6-11(14-9)12(15)8-10-4-2-3-5-10/h6-7,10H,2-5,8H2,1H3. The molecule has 0 radical (unpaired) electrons. The third-order valence-corrected chi connectivity index (χ3v) is 3.01. The van der Waals surface area contributed by atoms with Crippen molar-refractivity contribution in [2.75, 3.05) is 0 Å². The molecule has 3 heteroatoms. The van der Waals surface area contributed by atoms with Gasteiger partial charge in [-0.15, -0.1) is 0 Å². The molecule has 0 bridgehead atoms. The molecule has 0 saturated heterocycles. The van der Waals surface area contributed by atoms with Crippen molar-refractivity contribution >= 4 is 5.78 Å². The molecular weight excluding hydrogens is 188 g/mol. The molecule has 0 aromatic carbocycles. The van der Waals surface area contributed by atoms with Gasteiger partial charge in [0.05, 0.1) is 0 Å². The van der Waals surface area contributed by atoms with Crippen molar-refractivity contribution < 1.29 is 4.79 Å². The second kappa shape index (κ2) is 4.51. The average Bonchev–Trinajstić information content (AvgIpc) is 2.70. The highest BCUT2D eigenvalue weighted by Crippen LogP contribution is 2.28. The number of hydrogen-bond donors (Lipinski definition) is 0. The van der Waals surface area contributed by atoms with Crippen LogP contribution in [0.1, 0.15) is 48.4 Å². The summed E-state index contributed by atoms with van der Waals surface area (Å²) in [4.78, 5) is 20.0. The van der Waals surface area contributed by atoms with Gasteiger partial charge in [-0.1, -0.05) is 25.7 Å². The van der Waals surface area contributed by atoms with E-state index in [9.17, 15) is 4.79 Å². The molecule has 80 valence electrons. The highest BCUT2D eigenvalue weighted by atomic mass is 16.1. The Hall–Kier alpha value is -1.25. The van der Waals surface area contributed by atoms with Crippen molar-refractivity contribution in [2.45, 2.75) is 39.0 Å². The van der Waals surface area contributed by atoms with Gasteiger partial charge in [0, 0.05) is 12.6 Å². The van der Waals surface area contributed by atoms with Crippen LogP contribution in [-0.4, -0.2) is 15.8 Å². The van der Waals surface area contributed by atoms with E-state index < -0.39 is 0 Å². The highest BCUT2D eigenvalue weighted by Gasteiger charge is 2.19. The lowest BCUT2D eigenvalue weighted by Gasteiger charge is -2.06. The van der Waals surface area contributed by atoms with Crippen LogP contribution in [0, 0.1) is 12.8 Å². The Morgan fingerprint density at radius 2 is 2.20 bits per heavy atom. The number of aryl methyl sites for hydroxylation is 1. The molecule has 0 spiro atoms. The number of nitrogens with zero attached hydrogens (tertiary/aromatic N) is 2. The molecular formula is C12H16N2O. The molecule has 0 unspecified atom stereocenters. The zero-order valence-electron chi connectivity index (χ0n) is 9.07. The molecule has 0 amide bonds. The number of Topliss-reactive ketones (excluding diaryl/α,β-unsaturated/α-hetero) is 1. The third kappa shape index (κ3) is 2.61. The predicted octanol–water partition coefficient (Wildman–Crippen LogP) is 2.55. The second-order valence-electron chi connectivity index (χ2n) is 4.27. The monoisotopic (exact) mass is 204 g/mol. The Balaban J connectivity index is 2.01. The van der Waals surface area contributed by atoms with Gasteiger partial charge >= 0.3 is 0 Å².